The minimum absolute atomic E-state index is 0.159. The third kappa shape index (κ3) is 3.02. The van der Waals surface area contributed by atoms with Gasteiger partial charge in [-0.25, -0.2) is 4.68 Å². The summed E-state index contributed by atoms with van der Waals surface area (Å²) in [5.74, 6) is 0.116. The maximum absolute atomic E-state index is 12.4. The number of nitrogens with zero attached hydrogens (tertiary/aromatic N) is 4. The first-order valence-corrected chi connectivity index (χ1v) is 6.74. The van der Waals surface area contributed by atoms with Crippen LogP contribution in [-0.4, -0.2) is 26.0 Å². The predicted octanol–water partition coefficient (Wildman–Crippen LogP) is 2.15. The average molecular weight is 278 g/mol. The van der Waals surface area contributed by atoms with E-state index in [2.05, 4.69) is 15.5 Å². The molecule has 0 atom stereocenters. The van der Waals surface area contributed by atoms with Crippen molar-refractivity contribution in [2.24, 2.45) is 0 Å². The second-order valence-corrected chi connectivity index (χ2v) is 4.66. The van der Waals surface area contributed by atoms with Crippen molar-refractivity contribution in [3.63, 3.8) is 0 Å². The van der Waals surface area contributed by atoms with E-state index >= 15 is 0 Å². The molecule has 5 heteroatoms. The average Bonchev–Trinajstić information content (AvgIpc) is 3.02. The zero-order valence-corrected chi connectivity index (χ0v) is 11.4. The van der Waals surface area contributed by atoms with Crippen molar-refractivity contribution < 1.29 is 4.79 Å². The Hall–Kier alpha value is -2.82. The van der Waals surface area contributed by atoms with Gasteiger partial charge in [0, 0.05) is 12.1 Å². The van der Waals surface area contributed by atoms with Gasteiger partial charge in [-0.1, -0.05) is 60.7 Å². The van der Waals surface area contributed by atoms with Crippen molar-refractivity contribution in [2.45, 2.75) is 13.0 Å². The predicted molar refractivity (Wildman–Crippen MR) is 77.8 cm³/mol. The van der Waals surface area contributed by atoms with Gasteiger partial charge in [-0.3, -0.25) is 4.79 Å². The molecule has 104 valence electrons. The minimum Gasteiger partial charge on any atom is -0.285 e. The maximum atomic E-state index is 12.4. The monoisotopic (exact) mass is 278 g/mol. The zero-order chi connectivity index (χ0) is 14.5. The van der Waals surface area contributed by atoms with Gasteiger partial charge in [0.1, 0.15) is 0 Å². The molecule has 0 aliphatic carbocycles. The lowest BCUT2D eigenvalue weighted by atomic mass is 10.1. The molecule has 5 nitrogen and oxygen atoms in total. The van der Waals surface area contributed by atoms with E-state index < -0.39 is 0 Å². The van der Waals surface area contributed by atoms with Gasteiger partial charge in [-0.2, -0.15) is 0 Å². The summed E-state index contributed by atoms with van der Waals surface area (Å²) in [5, 5.41) is 11.4. The van der Waals surface area contributed by atoms with E-state index in [0.29, 0.717) is 12.1 Å². The van der Waals surface area contributed by atoms with Gasteiger partial charge in [0.2, 0.25) is 11.6 Å². The van der Waals surface area contributed by atoms with Crippen LogP contribution in [0.1, 0.15) is 21.7 Å². The molecule has 0 unspecified atom stereocenters. The van der Waals surface area contributed by atoms with E-state index in [-0.39, 0.29) is 11.6 Å². The summed E-state index contributed by atoms with van der Waals surface area (Å²) in [6.45, 7) is 0.574. The molecule has 3 aromatic rings. The molecule has 0 aliphatic rings. The number of hydrogen-bond donors (Lipinski definition) is 0. The maximum Gasteiger partial charge on any atom is 0.231 e. The fraction of sp³-hybridized carbons (Fsp3) is 0.125. The molecular formula is C16H14N4O. The van der Waals surface area contributed by atoms with Crippen LogP contribution in [0.25, 0.3) is 0 Å². The van der Waals surface area contributed by atoms with Crippen molar-refractivity contribution in [2.75, 3.05) is 0 Å². The summed E-state index contributed by atoms with van der Waals surface area (Å²) in [5.41, 5.74) is 1.78. The first-order valence-electron chi connectivity index (χ1n) is 6.74. The number of tetrazole rings is 1. The molecule has 0 saturated carbocycles. The molecule has 0 amide bonds. The lowest BCUT2D eigenvalue weighted by Gasteiger charge is -2.04. The number of rotatable bonds is 5. The number of ketones is 1. The van der Waals surface area contributed by atoms with Gasteiger partial charge < -0.3 is 0 Å². The van der Waals surface area contributed by atoms with Crippen molar-refractivity contribution in [3.8, 4) is 0 Å². The molecule has 0 N–H and O–H groups in total. The van der Waals surface area contributed by atoms with Gasteiger partial charge in [0.05, 0.1) is 0 Å². The topological polar surface area (TPSA) is 60.7 Å². The molecule has 0 radical (unpaired) electrons. The van der Waals surface area contributed by atoms with Gasteiger partial charge in [-0.05, 0) is 22.4 Å². The number of hydrogen-bond acceptors (Lipinski definition) is 4. The van der Waals surface area contributed by atoms with Crippen molar-refractivity contribution in [1.29, 1.82) is 0 Å². The molecular weight excluding hydrogens is 264 g/mol. The van der Waals surface area contributed by atoms with Gasteiger partial charge >= 0.3 is 0 Å². The lowest BCUT2D eigenvalue weighted by molar-refractivity contribution is 0.102. The normalized spacial score (nSPS) is 10.5. The third-order valence-corrected chi connectivity index (χ3v) is 3.23. The van der Waals surface area contributed by atoms with E-state index in [9.17, 15) is 4.79 Å². The molecule has 0 aliphatic heterocycles. The van der Waals surface area contributed by atoms with Crippen LogP contribution in [0.3, 0.4) is 0 Å². The lowest BCUT2D eigenvalue weighted by Crippen LogP contribution is -2.14. The van der Waals surface area contributed by atoms with Crippen molar-refractivity contribution in [1.82, 2.24) is 20.2 Å². The van der Waals surface area contributed by atoms with Crippen LogP contribution in [0, 0.1) is 0 Å². The Kier molecular flexibility index (Phi) is 3.82. The SMILES string of the molecule is O=C(c1ccccc1)c1nnnn1CCc1ccccc1. The molecule has 0 spiro atoms. The summed E-state index contributed by atoms with van der Waals surface area (Å²) < 4.78 is 1.56. The number of carbonyl (C=O) groups excluding carboxylic acids is 1. The van der Waals surface area contributed by atoms with Crippen LogP contribution in [0.15, 0.2) is 60.7 Å². The summed E-state index contributed by atoms with van der Waals surface area (Å²) >= 11 is 0. The van der Waals surface area contributed by atoms with Crippen LogP contribution < -0.4 is 0 Å². The number of carbonyl (C=O) groups is 1. The second kappa shape index (κ2) is 6.09. The van der Waals surface area contributed by atoms with Gasteiger partial charge in [0.15, 0.2) is 0 Å². The quantitative estimate of drug-likeness (QED) is 0.671. The summed E-state index contributed by atoms with van der Waals surface area (Å²) in [6.07, 6.45) is 0.779. The molecule has 0 fully saturated rings. The molecule has 3 rings (SSSR count). The summed E-state index contributed by atoms with van der Waals surface area (Å²) in [6, 6.07) is 19.1. The van der Waals surface area contributed by atoms with Crippen LogP contribution >= 0.6 is 0 Å². The third-order valence-electron chi connectivity index (χ3n) is 3.23. The fourth-order valence-corrected chi connectivity index (χ4v) is 2.12. The summed E-state index contributed by atoms with van der Waals surface area (Å²) in [7, 11) is 0. The molecule has 1 heterocycles. The molecule has 0 saturated heterocycles. The van der Waals surface area contributed by atoms with E-state index in [1.54, 1.807) is 16.8 Å². The number of aryl methyl sites for hydroxylation is 2. The Morgan fingerprint density at radius 2 is 1.62 bits per heavy atom. The first-order chi connectivity index (χ1) is 10.3. The summed E-state index contributed by atoms with van der Waals surface area (Å²) in [4.78, 5) is 12.4. The van der Waals surface area contributed by atoms with Crippen LogP contribution in [0.4, 0.5) is 0 Å². The van der Waals surface area contributed by atoms with Crippen LogP contribution in [0.2, 0.25) is 0 Å². The second-order valence-electron chi connectivity index (χ2n) is 4.66. The van der Waals surface area contributed by atoms with Gasteiger partial charge in [-0.15, -0.1) is 5.10 Å². The van der Waals surface area contributed by atoms with E-state index in [4.69, 9.17) is 0 Å². The molecule has 21 heavy (non-hydrogen) atoms. The number of benzene rings is 2. The van der Waals surface area contributed by atoms with Crippen LogP contribution in [-0.2, 0) is 13.0 Å². The minimum atomic E-state index is -0.159. The highest BCUT2D eigenvalue weighted by Crippen LogP contribution is 2.08. The van der Waals surface area contributed by atoms with Gasteiger partial charge in [0.25, 0.3) is 0 Å². The smallest absolute Gasteiger partial charge is 0.231 e. The highest BCUT2D eigenvalue weighted by molar-refractivity contribution is 6.06. The standard InChI is InChI=1S/C16H14N4O/c21-15(14-9-5-2-6-10-14)16-17-18-19-20(16)12-11-13-7-3-1-4-8-13/h1-10H,11-12H2. The Bertz CT molecular complexity index is 722. The zero-order valence-electron chi connectivity index (χ0n) is 11.4. The molecule has 0 bridgehead atoms. The van der Waals surface area contributed by atoms with E-state index in [0.717, 1.165) is 6.42 Å². The Morgan fingerprint density at radius 1 is 0.952 bits per heavy atom. The highest BCUT2D eigenvalue weighted by atomic mass is 16.1. The highest BCUT2D eigenvalue weighted by Gasteiger charge is 2.16. The molecule has 2 aromatic carbocycles. The Labute approximate surface area is 122 Å². The van der Waals surface area contributed by atoms with E-state index in [1.165, 1.54) is 5.56 Å². The van der Waals surface area contributed by atoms with E-state index in [1.807, 2.05) is 48.5 Å². The largest absolute Gasteiger partial charge is 0.285 e. The first kappa shape index (κ1) is 13.2. The molecule has 1 aromatic heterocycles. The van der Waals surface area contributed by atoms with Crippen molar-refractivity contribution in [3.05, 3.63) is 77.6 Å². The van der Waals surface area contributed by atoms with Crippen LogP contribution in [0.5, 0.6) is 0 Å². The van der Waals surface area contributed by atoms with Crippen molar-refractivity contribution >= 4 is 5.78 Å². The fourth-order valence-electron chi connectivity index (χ4n) is 2.12. The number of aromatic nitrogens is 4. The Balaban J connectivity index is 1.77. The Morgan fingerprint density at radius 3 is 2.33 bits per heavy atom.